The molecule has 2 rings (SSSR count). The zero-order valence-corrected chi connectivity index (χ0v) is 12.5. The first-order valence-corrected chi connectivity index (χ1v) is 7.06. The van der Waals surface area contributed by atoms with E-state index < -0.39 is 0 Å². The van der Waals surface area contributed by atoms with Crippen molar-refractivity contribution >= 4 is 11.8 Å². The molecule has 1 heterocycles. The summed E-state index contributed by atoms with van der Waals surface area (Å²) >= 11 is 0. The first-order valence-electron chi connectivity index (χ1n) is 7.06. The Bertz CT molecular complexity index is 552. The molecule has 0 spiro atoms. The standard InChI is InChI=1S/C16H22N2O2/c1-9-7-11(3)13(8-10(9)2)12(4)17-14-5-6-15(19)18-16(14)20/h7-8,12,14,17H,5-6H2,1-4H3,(H,18,19,20). The maximum atomic E-state index is 11.8. The van der Waals surface area contributed by atoms with Crippen molar-refractivity contribution in [2.24, 2.45) is 0 Å². The van der Waals surface area contributed by atoms with Gasteiger partial charge in [0.15, 0.2) is 0 Å². The molecule has 2 N–H and O–H groups in total. The van der Waals surface area contributed by atoms with Gasteiger partial charge in [-0.1, -0.05) is 12.1 Å². The minimum atomic E-state index is -0.288. The number of hydrogen-bond donors (Lipinski definition) is 2. The maximum absolute atomic E-state index is 11.8. The van der Waals surface area contributed by atoms with Crippen molar-refractivity contribution in [3.8, 4) is 0 Å². The summed E-state index contributed by atoms with van der Waals surface area (Å²) in [6, 6.07) is 4.14. The predicted molar refractivity (Wildman–Crippen MR) is 78.4 cm³/mol. The molecule has 1 aromatic carbocycles. The largest absolute Gasteiger partial charge is 0.299 e. The number of rotatable bonds is 3. The predicted octanol–water partition coefficient (Wildman–Crippen LogP) is 2.07. The number of imide groups is 1. The van der Waals surface area contributed by atoms with Crippen molar-refractivity contribution < 1.29 is 9.59 Å². The van der Waals surface area contributed by atoms with E-state index in [2.05, 4.69) is 50.5 Å². The molecule has 1 saturated heterocycles. The Labute approximate surface area is 119 Å². The van der Waals surface area contributed by atoms with Crippen LogP contribution in [-0.4, -0.2) is 17.9 Å². The lowest BCUT2D eigenvalue weighted by Crippen LogP contribution is -2.51. The van der Waals surface area contributed by atoms with Crippen LogP contribution in [0.4, 0.5) is 0 Å². The van der Waals surface area contributed by atoms with Crippen molar-refractivity contribution in [1.82, 2.24) is 10.6 Å². The van der Waals surface area contributed by atoms with Crippen LogP contribution in [0, 0.1) is 20.8 Å². The van der Waals surface area contributed by atoms with Crippen LogP contribution in [0.25, 0.3) is 0 Å². The smallest absolute Gasteiger partial charge is 0.243 e. The molecule has 0 aliphatic carbocycles. The van der Waals surface area contributed by atoms with Crippen molar-refractivity contribution in [3.63, 3.8) is 0 Å². The molecule has 1 fully saturated rings. The molecule has 108 valence electrons. The fourth-order valence-electron chi connectivity index (χ4n) is 2.69. The Hall–Kier alpha value is -1.68. The summed E-state index contributed by atoms with van der Waals surface area (Å²) in [6.45, 7) is 8.34. The Morgan fingerprint density at radius 3 is 2.45 bits per heavy atom. The van der Waals surface area contributed by atoms with Crippen LogP contribution in [0.15, 0.2) is 12.1 Å². The van der Waals surface area contributed by atoms with E-state index in [0.29, 0.717) is 12.8 Å². The normalized spacial score (nSPS) is 20.7. The van der Waals surface area contributed by atoms with Crippen LogP contribution in [0.5, 0.6) is 0 Å². The number of benzene rings is 1. The maximum Gasteiger partial charge on any atom is 0.243 e. The fourth-order valence-corrected chi connectivity index (χ4v) is 2.69. The van der Waals surface area contributed by atoms with Gasteiger partial charge in [0.1, 0.15) is 0 Å². The summed E-state index contributed by atoms with van der Waals surface area (Å²) in [5.74, 6) is -0.391. The summed E-state index contributed by atoms with van der Waals surface area (Å²) in [6.07, 6.45) is 0.973. The molecule has 0 bridgehead atoms. The van der Waals surface area contributed by atoms with E-state index in [-0.39, 0.29) is 23.9 Å². The van der Waals surface area contributed by atoms with Gasteiger partial charge in [-0.2, -0.15) is 0 Å². The van der Waals surface area contributed by atoms with Crippen LogP contribution in [0.3, 0.4) is 0 Å². The highest BCUT2D eigenvalue weighted by Crippen LogP contribution is 2.22. The average molecular weight is 274 g/mol. The van der Waals surface area contributed by atoms with E-state index in [4.69, 9.17) is 0 Å². The average Bonchev–Trinajstić information content (AvgIpc) is 2.37. The van der Waals surface area contributed by atoms with Gasteiger partial charge in [-0.3, -0.25) is 20.2 Å². The van der Waals surface area contributed by atoms with Gasteiger partial charge in [-0.25, -0.2) is 0 Å². The summed E-state index contributed by atoms with van der Waals surface area (Å²) in [4.78, 5) is 22.9. The van der Waals surface area contributed by atoms with Gasteiger partial charge in [0, 0.05) is 12.5 Å². The SMILES string of the molecule is Cc1cc(C)c(C(C)NC2CCC(=O)NC2=O)cc1C. The van der Waals surface area contributed by atoms with Gasteiger partial charge < -0.3 is 0 Å². The zero-order chi connectivity index (χ0) is 14.9. The van der Waals surface area contributed by atoms with Gasteiger partial charge in [0.2, 0.25) is 11.8 Å². The van der Waals surface area contributed by atoms with Gasteiger partial charge in [0.25, 0.3) is 0 Å². The summed E-state index contributed by atoms with van der Waals surface area (Å²) in [7, 11) is 0. The van der Waals surface area contributed by atoms with Crippen molar-refractivity contribution in [1.29, 1.82) is 0 Å². The van der Waals surface area contributed by atoms with Crippen LogP contribution >= 0.6 is 0 Å². The molecule has 4 heteroatoms. The summed E-state index contributed by atoms with van der Waals surface area (Å²) in [5, 5.41) is 5.71. The third kappa shape index (κ3) is 3.07. The zero-order valence-electron chi connectivity index (χ0n) is 12.5. The van der Waals surface area contributed by atoms with E-state index in [1.807, 2.05) is 0 Å². The third-order valence-electron chi connectivity index (χ3n) is 4.04. The highest BCUT2D eigenvalue weighted by molar-refractivity contribution is 6.00. The number of aryl methyl sites for hydroxylation is 3. The molecule has 1 aliphatic heterocycles. The van der Waals surface area contributed by atoms with Gasteiger partial charge >= 0.3 is 0 Å². The quantitative estimate of drug-likeness (QED) is 0.830. The van der Waals surface area contributed by atoms with E-state index in [9.17, 15) is 9.59 Å². The number of amides is 2. The minimum absolute atomic E-state index is 0.0817. The molecule has 20 heavy (non-hydrogen) atoms. The highest BCUT2D eigenvalue weighted by Gasteiger charge is 2.27. The monoisotopic (exact) mass is 274 g/mol. The van der Waals surface area contributed by atoms with Crippen LogP contribution < -0.4 is 10.6 Å². The molecule has 2 atom stereocenters. The molecule has 2 amide bonds. The number of piperidine rings is 1. The molecule has 0 radical (unpaired) electrons. The van der Waals surface area contributed by atoms with Gasteiger partial charge in [0.05, 0.1) is 6.04 Å². The number of carbonyl (C=O) groups is 2. The molecule has 0 saturated carbocycles. The van der Waals surface area contributed by atoms with Crippen molar-refractivity contribution in [2.45, 2.75) is 52.6 Å². The topological polar surface area (TPSA) is 58.2 Å². The lowest BCUT2D eigenvalue weighted by Gasteiger charge is -2.26. The van der Waals surface area contributed by atoms with E-state index in [0.717, 1.165) is 0 Å². The summed E-state index contributed by atoms with van der Waals surface area (Å²) in [5.41, 5.74) is 4.96. The molecule has 1 aliphatic rings. The number of nitrogens with one attached hydrogen (secondary N) is 2. The number of hydrogen-bond acceptors (Lipinski definition) is 3. The fraction of sp³-hybridized carbons (Fsp3) is 0.500. The highest BCUT2D eigenvalue weighted by atomic mass is 16.2. The van der Waals surface area contributed by atoms with E-state index in [1.54, 1.807) is 0 Å². The Morgan fingerprint density at radius 1 is 1.15 bits per heavy atom. The van der Waals surface area contributed by atoms with E-state index in [1.165, 1.54) is 22.3 Å². The van der Waals surface area contributed by atoms with Crippen LogP contribution in [0.1, 0.15) is 48.1 Å². The second-order valence-corrected chi connectivity index (χ2v) is 5.69. The Kier molecular flexibility index (Phi) is 4.23. The van der Waals surface area contributed by atoms with Crippen molar-refractivity contribution in [2.75, 3.05) is 0 Å². The van der Waals surface area contributed by atoms with Gasteiger partial charge in [-0.15, -0.1) is 0 Å². The minimum Gasteiger partial charge on any atom is -0.299 e. The lowest BCUT2D eigenvalue weighted by molar-refractivity contribution is -0.134. The first-order chi connectivity index (χ1) is 9.38. The number of carbonyl (C=O) groups excluding carboxylic acids is 2. The van der Waals surface area contributed by atoms with Gasteiger partial charge in [-0.05, 0) is 56.4 Å². The lowest BCUT2D eigenvalue weighted by atomic mass is 9.95. The van der Waals surface area contributed by atoms with Crippen LogP contribution in [-0.2, 0) is 9.59 Å². The first kappa shape index (κ1) is 14.7. The van der Waals surface area contributed by atoms with Crippen molar-refractivity contribution in [3.05, 3.63) is 34.4 Å². The molecule has 0 aromatic heterocycles. The second-order valence-electron chi connectivity index (χ2n) is 5.69. The molecular weight excluding hydrogens is 252 g/mol. The summed E-state index contributed by atoms with van der Waals surface area (Å²) < 4.78 is 0. The molecule has 1 aromatic rings. The second kappa shape index (κ2) is 5.75. The molecule has 2 unspecified atom stereocenters. The molecule has 4 nitrogen and oxygen atoms in total. The Balaban J connectivity index is 2.12. The van der Waals surface area contributed by atoms with Crippen LogP contribution in [0.2, 0.25) is 0 Å². The Morgan fingerprint density at radius 2 is 1.80 bits per heavy atom. The molecular formula is C16H22N2O2. The third-order valence-corrected chi connectivity index (χ3v) is 4.04. The van der Waals surface area contributed by atoms with E-state index >= 15 is 0 Å².